The van der Waals surface area contributed by atoms with Crippen LogP contribution in [0.25, 0.3) is 0 Å². The van der Waals surface area contributed by atoms with E-state index in [4.69, 9.17) is 11.6 Å². The number of likely N-dealkylation sites (N-methyl/N-ethyl adjacent to an activating group) is 1. The summed E-state index contributed by atoms with van der Waals surface area (Å²) in [5.74, 6) is -1.59. The Hall–Kier alpha value is -3.91. The normalized spacial score (nSPS) is 18.0. The van der Waals surface area contributed by atoms with Gasteiger partial charge in [-0.05, 0) is 60.9 Å². The van der Waals surface area contributed by atoms with E-state index in [1.165, 1.54) is 17.0 Å². The lowest BCUT2D eigenvalue weighted by Crippen LogP contribution is -2.57. The lowest BCUT2D eigenvalue weighted by molar-refractivity contribution is -0.129. The highest BCUT2D eigenvalue weighted by atomic mass is 35.5. The highest BCUT2D eigenvalue weighted by Crippen LogP contribution is 2.37. The first-order valence-electron chi connectivity index (χ1n) is 12.0. The summed E-state index contributed by atoms with van der Waals surface area (Å²) in [7, 11) is 1.57. The summed E-state index contributed by atoms with van der Waals surface area (Å²) in [6, 6.07) is 19.4. The number of carbonyl (C=O) groups excluding carboxylic acids is 3. The molecule has 0 bridgehead atoms. The van der Waals surface area contributed by atoms with Gasteiger partial charge in [0.1, 0.15) is 17.4 Å². The number of rotatable bonds is 6. The van der Waals surface area contributed by atoms with E-state index >= 15 is 0 Å². The highest BCUT2D eigenvalue weighted by molar-refractivity contribution is 6.30. The summed E-state index contributed by atoms with van der Waals surface area (Å²) < 4.78 is 14.2. The number of amides is 3. The molecule has 37 heavy (non-hydrogen) atoms. The first kappa shape index (κ1) is 24.8. The molecule has 0 unspecified atom stereocenters. The molecular weight excluding hydrogens is 495 g/mol. The molecule has 0 saturated heterocycles. The Morgan fingerprint density at radius 2 is 1.73 bits per heavy atom. The highest BCUT2D eigenvalue weighted by Gasteiger charge is 2.52. The van der Waals surface area contributed by atoms with Gasteiger partial charge < -0.3 is 20.4 Å². The van der Waals surface area contributed by atoms with Crippen molar-refractivity contribution in [3.8, 4) is 0 Å². The van der Waals surface area contributed by atoms with E-state index < -0.39 is 23.3 Å². The molecule has 3 aromatic rings. The molecule has 1 aliphatic carbocycles. The van der Waals surface area contributed by atoms with Crippen molar-refractivity contribution in [3.05, 3.63) is 94.8 Å². The number of benzene rings is 3. The van der Waals surface area contributed by atoms with E-state index in [0.29, 0.717) is 41.3 Å². The van der Waals surface area contributed by atoms with E-state index in [9.17, 15) is 18.8 Å². The SMILES string of the molecule is CN1C(=O)[C@H](NC(=O)C2(NC(=O)c3ccccc3)CC2)CN(Cc2ccc(Cl)cc2)c2ccc(F)cc21. The first-order valence-corrected chi connectivity index (χ1v) is 12.4. The molecule has 3 amide bonds. The summed E-state index contributed by atoms with van der Waals surface area (Å²) >= 11 is 6.04. The fourth-order valence-electron chi connectivity index (χ4n) is 4.56. The van der Waals surface area contributed by atoms with E-state index in [-0.39, 0.29) is 18.4 Å². The Balaban J connectivity index is 1.39. The minimum atomic E-state index is -1.06. The zero-order valence-electron chi connectivity index (χ0n) is 20.2. The molecule has 1 aliphatic heterocycles. The summed E-state index contributed by atoms with van der Waals surface area (Å²) in [6.45, 7) is 0.581. The predicted molar refractivity (Wildman–Crippen MR) is 140 cm³/mol. The zero-order valence-corrected chi connectivity index (χ0v) is 21.0. The van der Waals surface area contributed by atoms with Crippen LogP contribution in [0.4, 0.5) is 15.8 Å². The molecule has 5 rings (SSSR count). The van der Waals surface area contributed by atoms with Gasteiger partial charge in [-0.25, -0.2) is 4.39 Å². The van der Waals surface area contributed by atoms with Crippen LogP contribution in [0.1, 0.15) is 28.8 Å². The van der Waals surface area contributed by atoms with Gasteiger partial charge in [-0.15, -0.1) is 0 Å². The third-order valence-corrected chi connectivity index (χ3v) is 7.09. The molecule has 1 heterocycles. The number of anilines is 2. The van der Waals surface area contributed by atoms with E-state index in [1.54, 1.807) is 49.5 Å². The Morgan fingerprint density at radius 1 is 1.03 bits per heavy atom. The van der Waals surface area contributed by atoms with Crippen molar-refractivity contribution in [1.29, 1.82) is 0 Å². The Labute approximate surface area is 219 Å². The topological polar surface area (TPSA) is 81.8 Å². The molecule has 1 fully saturated rings. The second-order valence-corrected chi connectivity index (χ2v) is 9.90. The third kappa shape index (κ3) is 5.15. The fraction of sp³-hybridized carbons (Fsp3) is 0.250. The molecule has 2 N–H and O–H groups in total. The Morgan fingerprint density at radius 3 is 2.41 bits per heavy atom. The molecule has 1 saturated carbocycles. The monoisotopic (exact) mass is 520 g/mol. The van der Waals surface area contributed by atoms with Gasteiger partial charge >= 0.3 is 0 Å². The van der Waals surface area contributed by atoms with E-state index in [1.807, 2.05) is 23.1 Å². The van der Waals surface area contributed by atoms with Crippen molar-refractivity contribution in [1.82, 2.24) is 10.6 Å². The number of carbonyl (C=O) groups is 3. The maximum atomic E-state index is 14.2. The molecule has 1 atom stereocenters. The fourth-order valence-corrected chi connectivity index (χ4v) is 4.68. The van der Waals surface area contributed by atoms with E-state index in [2.05, 4.69) is 10.6 Å². The van der Waals surface area contributed by atoms with Crippen LogP contribution in [0.5, 0.6) is 0 Å². The van der Waals surface area contributed by atoms with Crippen molar-refractivity contribution in [3.63, 3.8) is 0 Å². The van der Waals surface area contributed by atoms with Crippen molar-refractivity contribution in [2.45, 2.75) is 31.0 Å². The van der Waals surface area contributed by atoms with Crippen LogP contribution in [0.15, 0.2) is 72.8 Å². The lowest BCUT2D eigenvalue weighted by atomic mass is 10.1. The molecule has 0 aromatic heterocycles. The summed E-state index contributed by atoms with van der Waals surface area (Å²) in [6.07, 6.45) is 0.960. The third-order valence-electron chi connectivity index (χ3n) is 6.84. The molecular formula is C28H26ClFN4O3. The van der Waals surface area contributed by atoms with Crippen molar-refractivity contribution < 1.29 is 18.8 Å². The number of nitrogens with one attached hydrogen (secondary N) is 2. The zero-order chi connectivity index (χ0) is 26.2. The van der Waals surface area contributed by atoms with Crippen molar-refractivity contribution in [2.24, 2.45) is 0 Å². The van der Waals surface area contributed by atoms with Gasteiger partial charge in [0, 0.05) is 30.7 Å². The van der Waals surface area contributed by atoms with Gasteiger partial charge in [0.2, 0.25) is 5.91 Å². The van der Waals surface area contributed by atoms with Crippen molar-refractivity contribution in [2.75, 3.05) is 23.4 Å². The van der Waals surface area contributed by atoms with Gasteiger partial charge in [-0.1, -0.05) is 41.9 Å². The largest absolute Gasteiger partial charge is 0.363 e. The lowest BCUT2D eigenvalue weighted by Gasteiger charge is -2.28. The van der Waals surface area contributed by atoms with Crippen LogP contribution in [0.3, 0.4) is 0 Å². The molecule has 0 spiro atoms. The van der Waals surface area contributed by atoms with Crippen LogP contribution >= 0.6 is 11.6 Å². The predicted octanol–water partition coefficient (Wildman–Crippen LogP) is 3.91. The standard InChI is InChI=1S/C28H26ClFN4O3/c1-33-24-15-21(30)11-12-23(24)34(16-18-7-9-20(29)10-8-18)17-22(26(33)36)31-27(37)28(13-14-28)32-25(35)19-5-3-2-4-6-19/h2-12,15,22H,13-14,16-17H2,1H3,(H,31,37)(H,32,35)/t22-/m1/s1. The number of halogens is 2. The van der Waals surface area contributed by atoms with Gasteiger partial charge in [-0.3, -0.25) is 14.4 Å². The quantitative estimate of drug-likeness (QED) is 0.516. The number of fused-ring (bicyclic) bond motifs is 1. The van der Waals surface area contributed by atoms with Gasteiger partial charge in [0.25, 0.3) is 11.8 Å². The van der Waals surface area contributed by atoms with Gasteiger partial charge in [-0.2, -0.15) is 0 Å². The molecule has 9 heteroatoms. The number of nitrogens with zero attached hydrogens (tertiary/aromatic N) is 2. The summed E-state index contributed by atoms with van der Waals surface area (Å²) in [4.78, 5) is 42.8. The molecule has 7 nitrogen and oxygen atoms in total. The second kappa shape index (κ2) is 9.86. The Bertz CT molecular complexity index is 1350. The maximum Gasteiger partial charge on any atom is 0.252 e. The van der Waals surface area contributed by atoms with E-state index in [0.717, 1.165) is 5.56 Å². The smallest absolute Gasteiger partial charge is 0.252 e. The Kier molecular flexibility index (Phi) is 6.60. The molecule has 2 aliphatic rings. The van der Waals surface area contributed by atoms with Crippen LogP contribution in [0.2, 0.25) is 5.02 Å². The maximum absolute atomic E-state index is 14.2. The average Bonchev–Trinajstić information content (AvgIpc) is 3.69. The summed E-state index contributed by atoms with van der Waals surface area (Å²) in [5, 5.41) is 6.32. The van der Waals surface area contributed by atoms with Crippen molar-refractivity contribution >= 4 is 40.7 Å². The molecule has 3 aromatic carbocycles. The first-order chi connectivity index (χ1) is 17.8. The van der Waals surface area contributed by atoms with Gasteiger partial charge in [0.15, 0.2) is 0 Å². The second-order valence-electron chi connectivity index (χ2n) is 9.47. The molecule has 190 valence electrons. The minimum Gasteiger partial charge on any atom is -0.363 e. The minimum absolute atomic E-state index is 0.166. The van der Waals surface area contributed by atoms with Gasteiger partial charge in [0.05, 0.1) is 11.4 Å². The number of hydrogen-bond acceptors (Lipinski definition) is 4. The van der Waals surface area contributed by atoms with Crippen LogP contribution in [-0.2, 0) is 16.1 Å². The molecule has 0 radical (unpaired) electrons. The average molecular weight is 521 g/mol. The summed E-state index contributed by atoms with van der Waals surface area (Å²) in [5.41, 5.74) is 1.42. The van der Waals surface area contributed by atoms with Crippen LogP contribution < -0.4 is 20.4 Å². The van der Waals surface area contributed by atoms with Crippen LogP contribution in [-0.4, -0.2) is 42.9 Å². The number of hydrogen-bond donors (Lipinski definition) is 2. The van der Waals surface area contributed by atoms with Crippen LogP contribution in [0, 0.1) is 5.82 Å².